The highest BCUT2D eigenvalue weighted by Crippen LogP contribution is 2.35. The third kappa shape index (κ3) is 2.58. The summed E-state index contributed by atoms with van der Waals surface area (Å²) in [7, 11) is 1.75. The van der Waals surface area contributed by atoms with Crippen LogP contribution in [-0.4, -0.2) is 32.6 Å². The highest BCUT2D eigenvalue weighted by atomic mass is 16.2. The van der Waals surface area contributed by atoms with Gasteiger partial charge in [0.05, 0.1) is 29.3 Å². The van der Waals surface area contributed by atoms with Crippen LogP contribution in [0.4, 0.5) is 11.4 Å². The molecule has 0 radical (unpaired) electrons. The fraction of sp³-hybridized carbons (Fsp3) is 0.375. The Morgan fingerprint density at radius 3 is 2.87 bits per heavy atom. The van der Waals surface area contributed by atoms with Crippen molar-refractivity contribution in [3.63, 3.8) is 0 Å². The molecule has 7 heteroatoms. The predicted octanol–water partition coefficient (Wildman–Crippen LogP) is 1.83. The van der Waals surface area contributed by atoms with Crippen molar-refractivity contribution in [1.82, 2.24) is 14.8 Å². The number of aromatic nitrogens is 3. The van der Waals surface area contributed by atoms with E-state index in [1.54, 1.807) is 41.3 Å². The Hall–Kier alpha value is -2.70. The van der Waals surface area contributed by atoms with Gasteiger partial charge in [-0.1, -0.05) is 20.3 Å². The van der Waals surface area contributed by atoms with E-state index >= 15 is 0 Å². The topological polar surface area (TPSA) is 80.1 Å². The Balaban J connectivity index is 2.10. The van der Waals surface area contributed by atoms with Crippen LogP contribution in [0.15, 0.2) is 30.9 Å². The average Bonchev–Trinajstić information content (AvgIpc) is 2.98. The number of amides is 2. The summed E-state index contributed by atoms with van der Waals surface area (Å²) in [6.45, 7) is 3.98. The zero-order valence-electron chi connectivity index (χ0n) is 13.4. The number of nitrogens with one attached hydrogen (secondary N) is 1. The van der Waals surface area contributed by atoms with Crippen LogP contribution in [0.5, 0.6) is 0 Å². The van der Waals surface area contributed by atoms with E-state index in [2.05, 4.69) is 15.4 Å². The highest BCUT2D eigenvalue weighted by molar-refractivity contribution is 6.16. The zero-order valence-corrected chi connectivity index (χ0v) is 13.4. The van der Waals surface area contributed by atoms with Crippen molar-refractivity contribution in [1.29, 1.82) is 0 Å². The molecule has 0 spiro atoms. The zero-order chi connectivity index (χ0) is 16.6. The number of fused-ring (bicyclic) bond motifs is 1. The molecular formula is C16H19N5O2. The number of rotatable bonds is 3. The molecule has 1 N–H and O–H groups in total. The summed E-state index contributed by atoms with van der Waals surface area (Å²) in [5, 5.41) is 6.90. The van der Waals surface area contributed by atoms with Gasteiger partial charge < -0.3 is 5.32 Å². The van der Waals surface area contributed by atoms with Crippen LogP contribution in [0.3, 0.4) is 0 Å². The Morgan fingerprint density at radius 1 is 1.43 bits per heavy atom. The smallest absolute Gasteiger partial charge is 0.262 e. The van der Waals surface area contributed by atoms with Crippen LogP contribution in [0.2, 0.25) is 0 Å². The van der Waals surface area contributed by atoms with E-state index < -0.39 is 6.04 Å². The summed E-state index contributed by atoms with van der Waals surface area (Å²) in [5.41, 5.74) is 1.67. The van der Waals surface area contributed by atoms with Crippen LogP contribution in [0, 0.1) is 5.92 Å². The third-order valence-electron chi connectivity index (χ3n) is 4.22. The summed E-state index contributed by atoms with van der Waals surface area (Å²) in [6, 6.07) is 1.20. The number of aryl methyl sites for hydroxylation is 1. The molecule has 1 aliphatic heterocycles. The normalized spacial score (nSPS) is 18.3. The number of hydrogen-bond acceptors (Lipinski definition) is 4. The molecule has 0 bridgehead atoms. The number of nitrogens with zero attached hydrogens (tertiary/aromatic N) is 4. The van der Waals surface area contributed by atoms with Crippen molar-refractivity contribution in [2.75, 3.05) is 10.2 Å². The van der Waals surface area contributed by atoms with Gasteiger partial charge in [0, 0.05) is 19.4 Å². The number of carbonyl (C=O) groups excluding carboxylic acids is 2. The molecule has 7 nitrogen and oxygen atoms in total. The number of anilines is 2. The second-order valence-corrected chi connectivity index (χ2v) is 5.79. The minimum absolute atomic E-state index is 0.0249. The van der Waals surface area contributed by atoms with Crippen molar-refractivity contribution in [2.24, 2.45) is 13.0 Å². The van der Waals surface area contributed by atoms with Crippen LogP contribution in [0.1, 0.15) is 30.6 Å². The quantitative estimate of drug-likeness (QED) is 0.937. The van der Waals surface area contributed by atoms with Gasteiger partial charge in [0.2, 0.25) is 5.91 Å². The van der Waals surface area contributed by atoms with Crippen LogP contribution in [0.25, 0.3) is 0 Å². The molecule has 0 saturated carbocycles. The number of carbonyl (C=O) groups is 2. The summed E-state index contributed by atoms with van der Waals surface area (Å²) in [5.74, 6) is -0.389. The SMILES string of the molecule is CC[C@H](C)[C@H]1C(=O)Nc2cnccc2N1C(=O)c1cnn(C)c1. The lowest BCUT2D eigenvalue weighted by atomic mass is 9.93. The summed E-state index contributed by atoms with van der Waals surface area (Å²) >= 11 is 0. The van der Waals surface area contributed by atoms with Crippen molar-refractivity contribution < 1.29 is 9.59 Å². The molecule has 1 aliphatic rings. The first-order chi connectivity index (χ1) is 11.0. The van der Waals surface area contributed by atoms with Crippen molar-refractivity contribution >= 4 is 23.2 Å². The van der Waals surface area contributed by atoms with Crippen molar-refractivity contribution in [3.05, 3.63) is 36.4 Å². The molecule has 2 amide bonds. The summed E-state index contributed by atoms with van der Waals surface area (Å²) < 4.78 is 1.57. The van der Waals surface area contributed by atoms with Gasteiger partial charge >= 0.3 is 0 Å². The largest absolute Gasteiger partial charge is 0.321 e. The molecule has 0 unspecified atom stereocenters. The van der Waals surface area contributed by atoms with Gasteiger partial charge in [-0.15, -0.1) is 0 Å². The second-order valence-electron chi connectivity index (χ2n) is 5.79. The van der Waals surface area contributed by atoms with Gasteiger partial charge in [-0.2, -0.15) is 5.10 Å². The minimum atomic E-state index is -0.553. The van der Waals surface area contributed by atoms with Crippen molar-refractivity contribution in [3.8, 4) is 0 Å². The van der Waals surface area contributed by atoms with Crippen LogP contribution < -0.4 is 10.2 Å². The molecule has 2 aromatic heterocycles. The van der Waals surface area contributed by atoms with E-state index in [-0.39, 0.29) is 17.7 Å². The van der Waals surface area contributed by atoms with E-state index in [4.69, 9.17) is 0 Å². The summed E-state index contributed by atoms with van der Waals surface area (Å²) in [4.78, 5) is 31.2. The van der Waals surface area contributed by atoms with E-state index in [1.807, 2.05) is 13.8 Å². The monoisotopic (exact) mass is 313 g/mol. The maximum Gasteiger partial charge on any atom is 0.262 e. The lowest BCUT2D eigenvalue weighted by molar-refractivity contribution is -0.118. The molecule has 2 atom stereocenters. The minimum Gasteiger partial charge on any atom is -0.321 e. The predicted molar refractivity (Wildman–Crippen MR) is 86.1 cm³/mol. The Bertz CT molecular complexity index is 754. The lowest BCUT2D eigenvalue weighted by Crippen LogP contribution is -2.54. The molecular weight excluding hydrogens is 294 g/mol. The molecule has 0 fully saturated rings. The molecule has 2 aromatic rings. The lowest BCUT2D eigenvalue weighted by Gasteiger charge is -2.38. The van der Waals surface area contributed by atoms with Gasteiger partial charge in [0.1, 0.15) is 6.04 Å². The average molecular weight is 313 g/mol. The van der Waals surface area contributed by atoms with Gasteiger partial charge in [-0.25, -0.2) is 0 Å². The second kappa shape index (κ2) is 5.83. The maximum atomic E-state index is 13.0. The third-order valence-corrected chi connectivity index (χ3v) is 4.22. The van der Waals surface area contributed by atoms with E-state index in [9.17, 15) is 9.59 Å². The number of hydrogen-bond donors (Lipinski definition) is 1. The van der Waals surface area contributed by atoms with Gasteiger partial charge in [0.25, 0.3) is 5.91 Å². The molecule has 0 aromatic carbocycles. The first-order valence-corrected chi connectivity index (χ1v) is 7.60. The first kappa shape index (κ1) is 15.2. The highest BCUT2D eigenvalue weighted by Gasteiger charge is 2.40. The summed E-state index contributed by atoms with van der Waals surface area (Å²) in [6.07, 6.45) is 7.14. The van der Waals surface area contributed by atoms with Crippen LogP contribution in [-0.2, 0) is 11.8 Å². The maximum absolute atomic E-state index is 13.0. The molecule has 120 valence electrons. The first-order valence-electron chi connectivity index (χ1n) is 7.60. The van der Waals surface area contributed by atoms with E-state index in [0.717, 1.165) is 6.42 Å². The Kier molecular flexibility index (Phi) is 3.85. The van der Waals surface area contributed by atoms with Gasteiger partial charge in [-0.05, 0) is 12.0 Å². The fourth-order valence-electron chi connectivity index (χ4n) is 2.81. The molecule has 23 heavy (non-hydrogen) atoms. The van der Waals surface area contributed by atoms with Gasteiger partial charge in [-0.3, -0.25) is 24.2 Å². The standard InChI is InChI=1S/C16H19N5O2/c1-4-10(2)14-15(22)19-12-8-17-6-5-13(12)21(14)16(23)11-7-18-20(3)9-11/h5-10,14H,4H2,1-3H3,(H,19,22)/t10-,14-/m0/s1. The molecule has 3 rings (SSSR count). The molecule has 0 aliphatic carbocycles. The van der Waals surface area contributed by atoms with Crippen LogP contribution >= 0.6 is 0 Å². The Labute approximate surface area is 134 Å². The fourth-order valence-corrected chi connectivity index (χ4v) is 2.81. The molecule has 0 saturated heterocycles. The van der Waals surface area contributed by atoms with E-state index in [0.29, 0.717) is 16.9 Å². The number of pyridine rings is 1. The van der Waals surface area contributed by atoms with Crippen molar-refractivity contribution in [2.45, 2.75) is 26.3 Å². The molecule has 3 heterocycles. The van der Waals surface area contributed by atoms with Gasteiger partial charge in [0.15, 0.2) is 0 Å². The Morgan fingerprint density at radius 2 is 2.22 bits per heavy atom. The van der Waals surface area contributed by atoms with E-state index in [1.165, 1.54) is 6.20 Å².